The molecule has 0 saturated carbocycles. The fourth-order valence-electron chi connectivity index (χ4n) is 1.99. The predicted octanol–water partition coefficient (Wildman–Crippen LogP) is 0.965. The van der Waals surface area contributed by atoms with Gasteiger partial charge in [-0.2, -0.15) is 0 Å². The lowest BCUT2D eigenvalue weighted by molar-refractivity contribution is -0.115. The number of fused-ring (bicyclic) bond motifs is 1. The van der Waals surface area contributed by atoms with E-state index in [0.29, 0.717) is 6.54 Å². The summed E-state index contributed by atoms with van der Waals surface area (Å²) in [4.78, 5) is 13.3. The van der Waals surface area contributed by atoms with Gasteiger partial charge in [-0.15, -0.1) is 0 Å². The van der Waals surface area contributed by atoms with E-state index in [0.717, 1.165) is 17.8 Å². The Kier molecular flexibility index (Phi) is 2.83. The van der Waals surface area contributed by atoms with Crippen molar-refractivity contribution in [3.05, 3.63) is 23.8 Å². The molecule has 1 heterocycles. The molecule has 0 radical (unpaired) electrons. The molecule has 3 N–H and O–H groups in total. The van der Waals surface area contributed by atoms with E-state index in [9.17, 15) is 4.79 Å². The normalized spacial score (nSPS) is 16.7. The summed E-state index contributed by atoms with van der Waals surface area (Å²) in [6, 6.07) is 6.21. The minimum absolute atomic E-state index is 0.0370. The van der Waals surface area contributed by atoms with Gasteiger partial charge in [0.2, 0.25) is 5.91 Å². The number of carbonyl (C=O) groups is 1. The summed E-state index contributed by atoms with van der Waals surface area (Å²) in [6.07, 6.45) is 0.856. The lowest BCUT2D eigenvalue weighted by Gasteiger charge is -2.27. The highest BCUT2D eigenvalue weighted by atomic mass is 16.2. The molecule has 2 rings (SSSR count). The third kappa shape index (κ3) is 2.17. The minimum atomic E-state index is 0.0370. The van der Waals surface area contributed by atoms with Crippen LogP contribution in [0.15, 0.2) is 18.2 Å². The number of amides is 1. The van der Waals surface area contributed by atoms with Gasteiger partial charge in [-0.1, -0.05) is 6.07 Å². The summed E-state index contributed by atoms with van der Waals surface area (Å²) in [5.74, 6) is 0.0370. The fourth-order valence-corrected chi connectivity index (χ4v) is 1.99. The highest BCUT2D eigenvalue weighted by Gasteiger charge is 2.18. The average Bonchev–Trinajstić information content (AvgIpc) is 2.18. The zero-order valence-corrected chi connectivity index (χ0v) is 9.66. The second-order valence-corrected chi connectivity index (χ2v) is 4.44. The molecule has 1 atom stereocenters. The number of carbonyl (C=O) groups excluding carboxylic acids is 1. The summed E-state index contributed by atoms with van der Waals surface area (Å²) in [5.41, 5.74) is 8.93. The minimum Gasteiger partial charge on any atom is -0.364 e. The fraction of sp³-hybridized carbons (Fsp3) is 0.417. The molecule has 16 heavy (non-hydrogen) atoms. The Morgan fingerprint density at radius 3 is 3.00 bits per heavy atom. The Morgan fingerprint density at radius 1 is 1.56 bits per heavy atom. The number of nitrogens with one attached hydrogen (secondary N) is 1. The quantitative estimate of drug-likeness (QED) is 0.779. The van der Waals surface area contributed by atoms with Crippen LogP contribution < -0.4 is 16.0 Å². The van der Waals surface area contributed by atoms with Gasteiger partial charge in [0, 0.05) is 13.1 Å². The zero-order valence-electron chi connectivity index (χ0n) is 9.66. The van der Waals surface area contributed by atoms with Gasteiger partial charge in [0.15, 0.2) is 0 Å². The monoisotopic (exact) mass is 219 g/mol. The van der Waals surface area contributed by atoms with Gasteiger partial charge < -0.3 is 16.0 Å². The van der Waals surface area contributed by atoms with Crippen molar-refractivity contribution in [2.75, 3.05) is 23.8 Å². The summed E-state index contributed by atoms with van der Waals surface area (Å²) in [5, 5.41) is 2.86. The molecule has 4 heteroatoms. The van der Waals surface area contributed by atoms with Gasteiger partial charge in [0.25, 0.3) is 0 Å². The first kappa shape index (κ1) is 11.0. The molecule has 0 aliphatic carbocycles. The lowest BCUT2D eigenvalue weighted by atomic mass is 10.0. The molecule has 1 aliphatic heterocycles. The van der Waals surface area contributed by atoms with Gasteiger partial charge in [-0.25, -0.2) is 0 Å². The van der Waals surface area contributed by atoms with E-state index in [2.05, 4.69) is 11.4 Å². The molecule has 0 spiro atoms. The molecule has 0 bridgehead atoms. The molecule has 0 saturated heterocycles. The van der Waals surface area contributed by atoms with Crippen molar-refractivity contribution in [3.8, 4) is 0 Å². The SMILES string of the molecule is CC(N)Cc1ccc2c(c1)N(C)CC(=O)N2. The van der Waals surface area contributed by atoms with Crippen LogP contribution in [0.3, 0.4) is 0 Å². The van der Waals surface area contributed by atoms with E-state index in [-0.39, 0.29) is 11.9 Å². The first-order chi connectivity index (χ1) is 7.56. The number of likely N-dealkylation sites (N-methyl/N-ethyl adjacent to an activating group) is 1. The molecular formula is C12H17N3O. The number of benzene rings is 1. The van der Waals surface area contributed by atoms with Crippen molar-refractivity contribution >= 4 is 17.3 Å². The Labute approximate surface area is 95.4 Å². The third-order valence-corrected chi connectivity index (χ3v) is 2.69. The van der Waals surface area contributed by atoms with Crippen LogP contribution >= 0.6 is 0 Å². The Bertz CT molecular complexity index is 415. The van der Waals surface area contributed by atoms with Gasteiger partial charge in [-0.05, 0) is 31.0 Å². The van der Waals surface area contributed by atoms with Crippen LogP contribution in [-0.4, -0.2) is 25.5 Å². The number of anilines is 2. The molecule has 1 aromatic rings. The van der Waals surface area contributed by atoms with Crippen molar-refractivity contribution in [3.63, 3.8) is 0 Å². The smallest absolute Gasteiger partial charge is 0.243 e. The maximum Gasteiger partial charge on any atom is 0.243 e. The Balaban J connectivity index is 2.31. The molecule has 86 valence electrons. The van der Waals surface area contributed by atoms with Gasteiger partial charge >= 0.3 is 0 Å². The molecular weight excluding hydrogens is 202 g/mol. The first-order valence-corrected chi connectivity index (χ1v) is 5.46. The molecule has 0 fully saturated rings. The Hall–Kier alpha value is -1.55. The zero-order chi connectivity index (χ0) is 11.7. The molecule has 1 unspecified atom stereocenters. The average molecular weight is 219 g/mol. The third-order valence-electron chi connectivity index (χ3n) is 2.69. The summed E-state index contributed by atoms with van der Waals surface area (Å²) < 4.78 is 0. The maximum absolute atomic E-state index is 11.3. The maximum atomic E-state index is 11.3. The van der Waals surface area contributed by atoms with Crippen molar-refractivity contribution in [2.24, 2.45) is 5.73 Å². The molecule has 1 amide bonds. The van der Waals surface area contributed by atoms with E-state index in [1.165, 1.54) is 5.56 Å². The van der Waals surface area contributed by atoms with Gasteiger partial charge in [-0.3, -0.25) is 4.79 Å². The number of hydrogen-bond donors (Lipinski definition) is 2. The number of nitrogens with zero attached hydrogens (tertiary/aromatic N) is 1. The van der Waals surface area contributed by atoms with Crippen LogP contribution in [0.1, 0.15) is 12.5 Å². The van der Waals surface area contributed by atoms with E-state index < -0.39 is 0 Å². The largest absolute Gasteiger partial charge is 0.364 e. The Morgan fingerprint density at radius 2 is 2.31 bits per heavy atom. The van der Waals surface area contributed by atoms with Crippen molar-refractivity contribution < 1.29 is 4.79 Å². The van der Waals surface area contributed by atoms with E-state index in [4.69, 9.17) is 5.73 Å². The van der Waals surface area contributed by atoms with Crippen LogP contribution in [0.25, 0.3) is 0 Å². The van der Waals surface area contributed by atoms with E-state index >= 15 is 0 Å². The molecule has 4 nitrogen and oxygen atoms in total. The van der Waals surface area contributed by atoms with Crippen LogP contribution in [-0.2, 0) is 11.2 Å². The topological polar surface area (TPSA) is 58.4 Å². The number of rotatable bonds is 2. The van der Waals surface area contributed by atoms with Crippen LogP contribution in [0.4, 0.5) is 11.4 Å². The first-order valence-electron chi connectivity index (χ1n) is 5.46. The van der Waals surface area contributed by atoms with E-state index in [1.807, 2.05) is 31.0 Å². The molecule has 0 aromatic heterocycles. The van der Waals surface area contributed by atoms with Crippen LogP contribution in [0.5, 0.6) is 0 Å². The van der Waals surface area contributed by atoms with Crippen LogP contribution in [0, 0.1) is 0 Å². The second-order valence-electron chi connectivity index (χ2n) is 4.44. The standard InChI is InChI=1S/C12H17N3O/c1-8(13)5-9-3-4-10-11(6-9)15(2)7-12(16)14-10/h3-4,6,8H,5,7,13H2,1-2H3,(H,14,16). The number of hydrogen-bond acceptors (Lipinski definition) is 3. The van der Waals surface area contributed by atoms with Crippen molar-refractivity contribution in [1.82, 2.24) is 0 Å². The van der Waals surface area contributed by atoms with Gasteiger partial charge in [0.1, 0.15) is 0 Å². The second kappa shape index (κ2) is 4.14. The molecule has 1 aliphatic rings. The van der Waals surface area contributed by atoms with Crippen molar-refractivity contribution in [2.45, 2.75) is 19.4 Å². The highest BCUT2D eigenvalue weighted by Crippen LogP contribution is 2.29. The van der Waals surface area contributed by atoms with Crippen molar-refractivity contribution in [1.29, 1.82) is 0 Å². The highest BCUT2D eigenvalue weighted by molar-refractivity contribution is 6.01. The lowest BCUT2D eigenvalue weighted by Crippen LogP contribution is -2.35. The van der Waals surface area contributed by atoms with Crippen LogP contribution in [0.2, 0.25) is 0 Å². The summed E-state index contributed by atoms with van der Waals surface area (Å²) in [7, 11) is 1.92. The summed E-state index contributed by atoms with van der Waals surface area (Å²) in [6.45, 7) is 2.40. The predicted molar refractivity (Wildman–Crippen MR) is 65.7 cm³/mol. The molecule has 1 aromatic carbocycles. The van der Waals surface area contributed by atoms with E-state index in [1.54, 1.807) is 0 Å². The summed E-state index contributed by atoms with van der Waals surface area (Å²) >= 11 is 0. The van der Waals surface area contributed by atoms with Gasteiger partial charge in [0.05, 0.1) is 17.9 Å². The number of nitrogens with two attached hydrogens (primary N) is 1.